The highest BCUT2D eigenvalue weighted by Gasteiger charge is 2.79. The van der Waals surface area contributed by atoms with Crippen LogP contribution < -0.4 is 4.74 Å². The SMILES string of the molecule is C[N@+]1(CC2CC2O)CC[C@]23c4c5ccc(O)c4O[C@H]2C(=O)CC(O)[C@@]3(O)[C@H]1C5.[CH3-]. The fourth-order valence-corrected chi connectivity index (χ4v) is 7.05. The second-order valence-electron chi connectivity index (χ2n) is 9.85. The molecule has 3 fully saturated rings. The number of Topliss-reactive ketones (excluding diaryl/α,β-unsaturated/α-hetero) is 1. The number of aliphatic hydroxyl groups is 3. The standard InChI is InChI=1S/C21H25NO6.CH3/c1-22(9-11-6-13(11)24)5-4-20-17-10-2-3-12(23)18(17)28-19(20)14(25)8-16(26)21(20,27)15(22)7-10;/h2-3,11,13,15-16,19,24,26-27H,4-9H2,1H3;1H3/q;-1/p+1/t11?,13?,15-,16?,19+,20+,21+,22-;/m1./s1. The highest BCUT2D eigenvalue weighted by molar-refractivity contribution is 5.90. The highest BCUT2D eigenvalue weighted by Crippen LogP contribution is 2.65. The van der Waals surface area contributed by atoms with E-state index in [0.717, 1.165) is 30.6 Å². The lowest BCUT2D eigenvalue weighted by molar-refractivity contribution is -0.951. The van der Waals surface area contributed by atoms with Gasteiger partial charge in [-0.2, -0.15) is 0 Å². The van der Waals surface area contributed by atoms with Crippen molar-refractivity contribution in [1.82, 2.24) is 0 Å². The first-order chi connectivity index (χ1) is 13.2. The summed E-state index contributed by atoms with van der Waals surface area (Å²) < 4.78 is 6.56. The number of ether oxygens (including phenoxy) is 1. The van der Waals surface area contributed by atoms with Gasteiger partial charge in [-0.3, -0.25) is 4.79 Å². The van der Waals surface area contributed by atoms with Crippen molar-refractivity contribution in [2.24, 2.45) is 5.92 Å². The molecule has 2 saturated carbocycles. The van der Waals surface area contributed by atoms with Gasteiger partial charge in [0.05, 0.1) is 37.8 Å². The maximum absolute atomic E-state index is 12.9. The zero-order chi connectivity index (χ0) is 19.6. The lowest BCUT2D eigenvalue weighted by atomic mass is 9.47. The number of phenols is 1. The maximum atomic E-state index is 12.9. The third kappa shape index (κ3) is 2.00. The first kappa shape index (κ1) is 19.3. The van der Waals surface area contributed by atoms with Crippen molar-refractivity contribution in [2.75, 3.05) is 20.1 Å². The topological polar surface area (TPSA) is 107 Å². The Bertz CT molecular complexity index is 919. The minimum atomic E-state index is -1.51. The van der Waals surface area contributed by atoms with Crippen LogP contribution in [0, 0.1) is 13.3 Å². The Morgan fingerprint density at radius 3 is 2.69 bits per heavy atom. The van der Waals surface area contributed by atoms with Gasteiger partial charge in [0.1, 0.15) is 6.04 Å². The van der Waals surface area contributed by atoms with E-state index in [9.17, 15) is 25.2 Å². The predicted octanol–water partition coefficient (Wildman–Crippen LogP) is 0.0619. The largest absolute Gasteiger partial charge is 0.504 e. The van der Waals surface area contributed by atoms with Crippen LogP contribution >= 0.6 is 0 Å². The Hall–Kier alpha value is -1.67. The molecule has 0 amide bonds. The van der Waals surface area contributed by atoms with Crippen LogP contribution in [0.1, 0.15) is 30.4 Å². The predicted molar refractivity (Wildman–Crippen MR) is 103 cm³/mol. The quantitative estimate of drug-likeness (QED) is 0.411. The Morgan fingerprint density at radius 2 is 2.00 bits per heavy atom. The Morgan fingerprint density at radius 1 is 1.28 bits per heavy atom. The normalized spacial score (nSPS) is 48.4. The minimum Gasteiger partial charge on any atom is -0.504 e. The van der Waals surface area contributed by atoms with Crippen molar-refractivity contribution in [2.45, 2.75) is 61.1 Å². The number of hydrogen-bond acceptors (Lipinski definition) is 6. The van der Waals surface area contributed by atoms with Crippen LogP contribution in [0.4, 0.5) is 0 Å². The summed E-state index contributed by atoms with van der Waals surface area (Å²) in [6, 6.07) is 3.16. The number of hydrogen-bond donors (Lipinski definition) is 4. The number of aliphatic hydroxyl groups excluding tert-OH is 2. The van der Waals surface area contributed by atoms with Crippen molar-refractivity contribution >= 4 is 5.78 Å². The molecule has 1 saturated heterocycles. The van der Waals surface area contributed by atoms with E-state index in [1.165, 1.54) is 0 Å². The molecule has 3 aliphatic carbocycles. The molecule has 8 atom stereocenters. The number of carbonyl (C=O) groups is 1. The Labute approximate surface area is 170 Å². The number of aromatic hydroxyl groups is 1. The van der Waals surface area contributed by atoms with Gasteiger partial charge in [0, 0.05) is 30.7 Å². The van der Waals surface area contributed by atoms with E-state index in [0.29, 0.717) is 23.1 Å². The van der Waals surface area contributed by atoms with Crippen LogP contribution in [0.3, 0.4) is 0 Å². The summed E-state index contributed by atoms with van der Waals surface area (Å²) in [5, 5.41) is 43.5. The third-order valence-corrected chi connectivity index (χ3v) is 8.49. The average Bonchev–Trinajstić information content (AvgIpc) is 3.18. The fourth-order valence-electron chi connectivity index (χ4n) is 7.05. The molecule has 6 rings (SSSR count). The van der Waals surface area contributed by atoms with Crippen molar-refractivity contribution in [3.63, 3.8) is 0 Å². The zero-order valence-electron chi connectivity index (χ0n) is 16.8. The van der Waals surface area contributed by atoms with Gasteiger partial charge in [-0.15, -0.1) is 0 Å². The number of likely N-dealkylation sites (tertiary alicyclic amines) is 1. The Balaban J connectivity index is 0.00000181. The molecule has 2 heterocycles. The molecular weight excluding hydrogens is 374 g/mol. The van der Waals surface area contributed by atoms with E-state index in [1.54, 1.807) is 6.07 Å². The summed E-state index contributed by atoms with van der Waals surface area (Å²) in [5.41, 5.74) is -0.827. The van der Waals surface area contributed by atoms with Crippen LogP contribution in [-0.2, 0) is 16.6 Å². The molecule has 0 aromatic heterocycles. The summed E-state index contributed by atoms with van der Waals surface area (Å²) in [6.07, 6.45) is -0.641. The second kappa shape index (κ2) is 5.52. The number of likely N-dealkylation sites (N-methyl/N-ethyl adjacent to an activating group) is 1. The minimum absolute atomic E-state index is 0. The van der Waals surface area contributed by atoms with Gasteiger partial charge < -0.3 is 37.1 Å². The smallest absolute Gasteiger partial charge is 0.177 e. The highest BCUT2D eigenvalue weighted by atomic mass is 16.5. The summed E-state index contributed by atoms with van der Waals surface area (Å²) >= 11 is 0. The third-order valence-electron chi connectivity index (χ3n) is 8.49. The molecule has 158 valence electrons. The number of piperidine rings is 1. The van der Waals surface area contributed by atoms with E-state index in [4.69, 9.17) is 4.74 Å². The first-order valence-electron chi connectivity index (χ1n) is 10.2. The van der Waals surface area contributed by atoms with Gasteiger partial charge in [0.15, 0.2) is 29.0 Å². The number of ketones is 1. The molecule has 29 heavy (non-hydrogen) atoms. The number of benzene rings is 1. The van der Waals surface area contributed by atoms with Gasteiger partial charge >= 0.3 is 0 Å². The van der Waals surface area contributed by atoms with Crippen molar-refractivity contribution in [1.29, 1.82) is 0 Å². The molecule has 2 aliphatic heterocycles. The van der Waals surface area contributed by atoms with Crippen molar-refractivity contribution in [3.8, 4) is 11.5 Å². The fraction of sp³-hybridized carbons (Fsp3) is 0.636. The maximum Gasteiger partial charge on any atom is 0.177 e. The number of carbonyl (C=O) groups excluding carboxylic acids is 1. The number of phenolic OH excluding ortho intramolecular Hbond substituents is 1. The van der Waals surface area contributed by atoms with Gasteiger partial charge in [0.25, 0.3) is 0 Å². The summed E-state index contributed by atoms with van der Waals surface area (Å²) in [5.74, 6) is 0.288. The lowest BCUT2D eigenvalue weighted by Crippen LogP contribution is -2.84. The van der Waals surface area contributed by atoms with Gasteiger partial charge in [0.2, 0.25) is 0 Å². The molecule has 3 unspecified atom stereocenters. The second-order valence-corrected chi connectivity index (χ2v) is 9.85. The molecule has 4 N–H and O–H groups in total. The van der Waals surface area contributed by atoms with Crippen LogP contribution in [0.15, 0.2) is 12.1 Å². The molecule has 0 radical (unpaired) electrons. The van der Waals surface area contributed by atoms with Crippen molar-refractivity contribution < 1.29 is 34.4 Å². The van der Waals surface area contributed by atoms with E-state index >= 15 is 0 Å². The van der Waals surface area contributed by atoms with E-state index in [-0.39, 0.29) is 43.4 Å². The molecule has 2 bridgehead atoms. The van der Waals surface area contributed by atoms with E-state index in [2.05, 4.69) is 7.05 Å². The van der Waals surface area contributed by atoms with E-state index < -0.39 is 23.2 Å². The number of quaternary nitrogens is 1. The molecule has 1 aromatic rings. The zero-order valence-corrected chi connectivity index (χ0v) is 16.8. The monoisotopic (exact) mass is 403 g/mol. The van der Waals surface area contributed by atoms with Gasteiger partial charge in [-0.05, 0) is 18.1 Å². The van der Waals surface area contributed by atoms with Crippen LogP contribution in [-0.4, -0.2) is 80.8 Å². The molecule has 7 nitrogen and oxygen atoms in total. The molecular formula is C22H29NO6. The Kier molecular flexibility index (Phi) is 3.67. The summed E-state index contributed by atoms with van der Waals surface area (Å²) in [7, 11) is 2.10. The molecule has 1 aromatic carbocycles. The van der Waals surface area contributed by atoms with Crippen molar-refractivity contribution in [3.05, 3.63) is 30.7 Å². The van der Waals surface area contributed by atoms with E-state index in [1.807, 2.05) is 6.07 Å². The number of nitrogens with zero attached hydrogens (tertiary/aromatic N) is 1. The van der Waals surface area contributed by atoms with Gasteiger partial charge in [-0.1, -0.05) is 6.07 Å². The molecule has 5 aliphatic rings. The first-order valence-corrected chi connectivity index (χ1v) is 10.2. The average molecular weight is 403 g/mol. The summed E-state index contributed by atoms with van der Waals surface area (Å²) in [4.78, 5) is 12.9. The summed E-state index contributed by atoms with van der Waals surface area (Å²) in [6.45, 7) is 1.47. The molecule has 7 heteroatoms. The van der Waals surface area contributed by atoms with Crippen LogP contribution in [0.5, 0.6) is 11.5 Å². The van der Waals surface area contributed by atoms with Crippen LogP contribution in [0.2, 0.25) is 0 Å². The molecule has 1 spiro atoms. The number of rotatable bonds is 2. The van der Waals surface area contributed by atoms with Crippen LogP contribution in [0.25, 0.3) is 0 Å². The lowest BCUT2D eigenvalue weighted by Gasteiger charge is -2.65. The van der Waals surface area contributed by atoms with Gasteiger partial charge in [-0.25, -0.2) is 0 Å².